The Kier molecular flexibility index (Phi) is 4.97. The van der Waals surface area contributed by atoms with Gasteiger partial charge in [-0.1, -0.05) is 15.9 Å². The van der Waals surface area contributed by atoms with Gasteiger partial charge in [-0.2, -0.15) is 0 Å². The van der Waals surface area contributed by atoms with Crippen molar-refractivity contribution in [2.45, 2.75) is 6.42 Å². The van der Waals surface area contributed by atoms with Gasteiger partial charge in [-0.3, -0.25) is 9.52 Å². The van der Waals surface area contributed by atoms with Crippen LogP contribution in [-0.2, 0) is 19.6 Å². The van der Waals surface area contributed by atoms with Gasteiger partial charge in [0.15, 0.2) is 0 Å². The number of benzene rings is 1. The number of rotatable bonds is 5. The number of halogens is 1. The van der Waals surface area contributed by atoms with Crippen molar-refractivity contribution >= 4 is 43.3 Å². The van der Waals surface area contributed by atoms with Gasteiger partial charge in [0, 0.05) is 10.2 Å². The van der Waals surface area contributed by atoms with E-state index in [1.165, 1.54) is 13.2 Å². The van der Waals surface area contributed by atoms with E-state index in [0.717, 1.165) is 0 Å². The number of sulfonamides is 1. The van der Waals surface area contributed by atoms with Crippen LogP contribution >= 0.6 is 15.9 Å². The number of nitrogens with one attached hydrogen (secondary N) is 1. The van der Waals surface area contributed by atoms with E-state index < -0.39 is 16.0 Å². The van der Waals surface area contributed by atoms with Crippen molar-refractivity contribution in [3.63, 3.8) is 0 Å². The summed E-state index contributed by atoms with van der Waals surface area (Å²) >= 11 is 3.20. The molecule has 0 amide bonds. The second kappa shape index (κ2) is 6.05. The predicted octanol–water partition coefficient (Wildman–Crippen LogP) is 1.34. The Hall–Kier alpha value is -1.28. The van der Waals surface area contributed by atoms with E-state index in [-0.39, 0.29) is 12.2 Å². The highest BCUT2D eigenvalue weighted by molar-refractivity contribution is 9.10. The third-order valence-corrected chi connectivity index (χ3v) is 3.74. The van der Waals surface area contributed by atoms with Crippen LogP contribution in [-0.4, -0.2) is 27.2 Å². The highest BCUT2D eigenvalue weighted by atomic mass is 79.9. The topological polar surface area (TPSA) is 98.5 Å². The smallest absolute Gasteiger partial charge is 0.306 e. The number of carbonyl (C=O) groups is 1. The molecular formula is C10H13BrN2O4S. The molecule has 0 aliphatic carbocycles. The SMILES string of the molecule is COC(=O)CCS(=O)(=O)Nc1cc(N)cc(Br)c1. The number of hydrogen-bond acceptors (Lipinski definition) is 5. The summed E-state index contributed by atoms with van der Waals surface area (Å²) in [7, 11) is -2.39. The molecule has 0 unspecified atom stereocenters. The Morgan fingerprint density at radius 1 is 1.44 bits per heavy atom. The number of hydrogen-bond donors (Lipinski definition) is 2. The molecule has 0 aliphatic rings. The molecule has 0 fully saturated rings. The van der Waals surface area contributed by atoms with Gasteiger partial charge in [0.2, 0.25) is 10.0 Å². The molecule has 0 saturated heterocycles. The van der Waals surface area contributed by atoms with E-state index >= 15 is 0 Å². The minimum atomic E-state index is -3.60. The summed E-state index contributed by atoms with van der Waals surface area (Å²) in [4.78, 5) is 10.9. The van der Waals surface area contributed by atoms with E-state index in [9.17, 15) is 13.2 Å². The number of anilines is 2. The Bertz CT molecular complexity index is 525. The maximum atomic E-state index is 11.7. The number of ether oxygens (including phenoxy) is 1. The van der Waals surface area contributed by atoms with Crippen molar-refractivity contribution in [2.75, 3.05) is 23.3 Å². The molecule has 3 N–H and O–H groups in total. The first-order valence-corrected chi connectivity index (χ1v) is 7.40. The van der Waals surface area contributed by atoms with Crippen LogP contribution in [0.25, 0.3) is 0 Å². The minimum Gasteiger partial charge on any atom is -0.469 e. The van der Waals surface area contributed by atoms with Gasteiger partial charge in [0.05, 0.1) is 25.0 Å². The van der Waals surface area contributed by atoms with E-state index in [2.05, 4.69) is 25.4 Å². The normalized spacial score (nSPS) is 11.0. The van der Waals surface area contributed by atoms with Crippen LogP contribution in [0.5, 0.6) is 0 Å². The lowest BCUT2D eigenvalue weighted by Crippen LogP contribution is -2.19. The second-order valence-electron chi connectivity index (χ2n) is 3.52. The zero-order valence-electron chi connectivity index (χ0n) is 9.64. The summed E-state index contributed by atoms with van der Waals surface area (Å²) in [5, 5.41) is 0. The largest absolute Gasteiger partial charge is 0.469 e. The quantitative estimate of drug-likeness (QED) is 0.624. The molecule has 18 heavy (non-hydrogen) atoms. The number of methoxy groups -OCH3 is 1. The second-order valence-corrected chi connectivity index (χ2v) is 6.28. The summed E-state index contributed by atoms with van der Waals surface area (Å²) in [6.07, 6.45) is -0.199. The minimum absolute atomic E-state index is 0.199. The van der Waals surface area contributed by atoms with Crippen LogP contribution in [0.15, 0.2) is 22.7 Å². The average molecular weight is 337 g/mol. The standard InChI is InChI=1S/C10H13BrN2O4S/c1-17-10(14)2-3-18(15,16)13-9-5-7(11)4-8(12)6-9/h4-6,13H,2-3,12H2,1H3. The average Bonchev–Trinajstić information content (AvgIpc) is 2.23. The zero-order chi connectivity index (χ0) is 13.8. The van der Waals surface area contributed by atoms with Gasteiger partial charge in [0.1, 0.15) is 0 Å². The Morgan fingerprint density at radius 2 is 2.11 bits per heavy atom. The number of nitrogens with two attached hydrogens (primary N) is 1. The summed E-state index contributed by atoms with van der Waals surface area (Å²) in [5.41, 5.74) is 6.35. The first-order valence-electron chi connectivity index (χ1n) is 4.96. The van der Waals surface area contributed by atoms with Crippen molar-refractivity contribution in [2.24, 2.45) is 0 Å². The number of esters is 1. The lowest BCUT2D eigenvalue weighted by atomic mass is 10.3. The molecule has 0 radical (unpaired) electrons. The van der Waals surface area contributed by atoms with Crippen LogP contribution < -0.4 is 10.5 Å². The summed E-state index contributed by atoms with van der Waals surface area (Å²) in [6, 6.07) is 4.71. The molecule has 1 aromatic carbocycles. The summed E-state index contributed by atoms with van der Waals surface area (Å²) in [6.45, 7) is 0. The van der Waals surface area contributed by atoms with Crippen LogP contribution in [0.4, 0.5) is 11.4 Å². The fraction of sp³-hybridized carbons (Fsp3) is 0.300. The molecule has 6 nitrogen and oxygen atoms in total. The third kappa shape index (κ3) is 4.92. The molecule has 0 spiro atoms. The molecule has 100 valence electrons. The highest BCUT2D eigenvalue weighted by Gasteiger charge is 2.14. The Balaban J connectivity index is 2.73. The maximum Gasteiger partial charge on any atom is 0.306 e. The molecule has 1 rings (SSSR count). The van der Waals surface area contributed by atoms with Crippen LogP contribution in [0, 0.1) is 0 Å². The van der Waals surface area contributed by atoms with Gasteiger partial charge in [-0.15, -0.1) is 0 Å². The van der Waals surface area contributed by atoms with Crippen LogP contribution in [0.2, 0.25) is 0 Å². The molecule has 8 heteroatoms. The molecule has 0 heterocycles. The maximum absolute atomic E-state index is 11.7. The third-order valence-electron chi connectivity index (χ3n) is 2.00. The molecule has 0 aromatic heterocycles. The van der Waals surface area contributed by atoms with Crippen LogP contribution in [0.3, 0.4) is 0 Å². The molecule has 1 aromatic rings. The van der Waals surface area contributed by atoms with Gasteiger partial charge in [-0.05, 0) is 18.2 Å². The molecular weight excluding hydrogens is 324 g/mol. The van der Waals surface area contributed by atoms with Crippen molar-refractivity contribution in [1.82, 2.24) is 0 Å². The summed E-state index contributed by atoms with van der Waals surface area (Å²) in [5.74, 6) is -0.916. The number of nitrogen functional groups attached to an aromatic ring is 1. The van der Waals surface area contributed by atoms with Crippen molar-refractivity contribution < 1.29 is 17.9 Å². The summed E-state index contributed by atoms with van der Waals surface area (Å²) < 4.78 is 30.7. The highest BCUT2D eigenvalue weighted by Crippen LogP contribution is 2.21. The molecule has 0 aliphatic heterocycles. The van der Waals surface area contributed by atoms with Gasteiger partial charge in [0.25, 0.3) is 0 Å². The lowest BCUT2D eigenvalue weighted by Gasteiger charge is -2.08. The first-order chi connectivity index (χ1) is 8.32. The molecule has 0 bridgehead atoms. The van der Waals surface area contributed by atoms with E-state index in [1.54, 1.807) is 12.1 Å². The lowest BCUT2D eigenvalue weighted by molar-refractivity contribution is -0.140. The van der Waals surface area contributed by atoms with Crippen molar-refractivity contribution in [3.8, 4) is 0 Å². The van der Waals surface area contributed by atoms with Gasteiger partial charge >= 0.3 is 5.97 Å². The Labute approximate surface area is 114 Å². The molecule has 0 atom stereocenters. The first kappa shape index (κ1) is 14.8. The number of carbonyl (C=O) groups excluding carboxylic acids is 1. The van der Waals surface area contributed by atoms with E-state index in [1.807, 2.05) is 0 Å². The van der Waals surface area contributed by atoms with Crippen LogP contribution in [0.1, 0.15) is 6.42 Å². The molecule has 0 saturated carbocycles. The monoisotopic (exact) mass is 336 g/mol. The van der Waals surface area contributed by atoms with Crippen molar-refractivity contribution in [3.05, 3.63) is 22.7 Å². The van der Waals surface area contributed by atoms with E-state index in [4.69, 9.17) is 5.73 Å². The predicted molar refractivity (Wildman–Crippen MR) is 72.6 cm³/mol. The van der Waals surface area contributed by atoms with Crippen molar-refractivity contribution in [1.29, 1.82) is 0 Å². The fourth-order valence-corrected chi connectivity index (χ4v) is 2.75. The fourth-order valence-electron chi connectivity index (χ4n) is 1.22. The zero-order valence-corrected chi connectivity index (χ0v) is 12.0. The van der Waals surface area contributed by atoms with E-state index in [0.29, 0.717) is 15.8 Å². The van der Waals surface area contributed by atoms with Gasteiger partial charge < -0.3 is 10.5 Å². The Morgan fingerprint density at radius 3 is 2.67 bits per heavy atom. The van der Waals surface area contributed by atoms with Gasteiger partial charge in [-0.25, -0.2) is 8.42 Å².